The number of rotatable bonds is 9. The molecule has 0 unspecified atom stereocenters. The van der Waals surface area contributed by atoms with E-state index in [-0.39, 0.29) is 30.1 Å². The van der Waals surface area contributed by atoms with Gasteiger partial charge in [-0.15, -0.1) is 0 Å². The maximum atomic E-state index is 13.0. The number of thiocarbonyl (C=S) groups is 1. The molecule has 1 aliphatic heterocycles. The molecule has 0 aliphatic carbocycles. The average Bonchev–Trinajstić information content (AvgIpc) is 3.47. The summed E-state index contributed by atoms with van der Waals surface area (Å²) in [5.41, 5.74) is 5.83. The lowest BCUT2D eigenvalue weighted by Crippen LogP contribution is -2.33. The topological polar surface area (TPSA) is 115 Å². The van der Waals surface area contributed by atoms with Crippen molar-refractivity contribution in [3.05, 3.63) is 111 Å². The number of carbonyl (C=O) groups excluding carboxylic acids is 1. The number of non-ortho nitro benzene ring substituents is 1. The third kappa shape index (κ3) is 5.55. The van der Waals surface area contributed by atoms with Crippen molar-refractivity contribution in [2.75, 3.05) is 19.0 Å². The minimum Gasteiger partial charge on any atom is -0.495 e. The standard InChI is InChI=1S/C31H32N6O4S/c1-19-9-5-6-10-24(19)33-28(38)14-16-35-30(29(34-31(35)42)25-11-7-8-15-32-25)23-17-20(2)36(21(23)3)26-18-22(37(39)40)12-13-27(26)41-4/h5-13,15,17-18,29-30H,14,16H2,1-4H3,(H,33,38)(H,34,42)/t29-,30-/m0/s1. The van der Waals surface area contributed by atoms with E-state index in [9.17, 15) is 14.9 Å². The van der Waals surface area contributed by atoms with E-state index in [2.05, 4.69) is 21.7 Å². The van der Waals surface area contributed by atoms with E-state index in [0.29, 0.717) is 23.1 Å². The van der Waals surface area contributed by atoms with Gasteiger partial charge in [0.25, 0.3) is 5.69 Å². The number of pyridine rings is 1. The molecular weight excluding hydrogens is 552 g/mol. The predicted octanol–water partition coefficient (Wildman–Crippen LogP) is 5.72. The molecule has 0 bridgehead atoms. The summed E-state index contributed by atoms with van der Waals surface area (Å²) in [6.07, 6.45) is 1.96. The number of ether oxygens (including phenoxy) is 1. The molecule has 1 aliphatic rings. The number of methoxy groups -OCH3 is 1. The maximum Gasteiger partial charge on any atom is 0.271 e. The Hall–Kier alpha value is -4.77. The van der Waals surface area contributed by atoms with Crippen LogP contribution in [0, 0.1) is 30.9 Å². The molecule has 2 N–H and O–H groups in total. The number of nitro groups is 1. The number of para-hydroxylation sites is 1. The van der Waals surface area contributed by atoms with Gasteiger partial charge in [0.2, 0.25) is 5.91 Å². The number of amides is 1. The minimum atomic E-state index is -0.418. The van der Waals surface area contributed by atoms with E-state index in [0.717, 1.165) is 33.9 Å². The Kier molecular flexibility index (Phi) is 8.21. The van der Waals surface area contributed by atoms with Crippen LogP contribution in [0.5, 0.6) is 5.75 Å². The Morgan fingerprint density at radius 3 is 2.57 bits per heavy atom. The Labute approximate surface area is 249 Å². The monoisotopic (exact) mass is 584 g/mol. The van der Waals surface area contributed by atoms with Gasteiger partial charge in [-0.3, -0.25) is 19.9 Å². The molecule has 1 fully saturated rings. The summed E-state index contributed by atoms with van der Waals surface area (Å²) in [5, 5.41) is 18.6. The molecule has 1 saturated heterocycles. The van der Waals surface area contributed by atoms with Crippen LogP contribution >= 0.6 is 12.2 Å². The molecule has 216 valence electrons. The number of nitro benzene ring substituents is 1. The molecule has 0 saturated carbocycles. The first-order chi connectivity index (χ1) is 20.2. The highest BCUT2D eigenvalue weighted by Gasteiger charge is 2.41. The van der Waals surface area contributed by atoms with Crippen LogP contribution in [0.15, 0.2) is 72.9 Å². The summed E-state index contributed by atoms with van der Waals surface area (Å²) in [6, 6.07) is 19.4. The highest BCUT2D eigenvalue weighted by molar-refractivity contribution is 7.80. The maximum absolute atomic E-state index is 13.0. The van der Waals surface area contributed by atoms with Gasteiger partial charge in [-0.2, -0.15) is 0 Å². The van der Waals surface area contributed by atoms with Gasteiger partial charge in [0, 0.05) is 48.4 Å². The van der Waals surface area contributed by atoms with Crippen molar-refractivity contribution in [1.29, 1.82) is 0 Å². The molecule has 5 rings (SSSR count). The van der Waals surface area contributed by atoms with Crippen LogP contribution in [0.25, 0.3) is 5.69 Å². The minimum absolute atomic E-state index is 0.0313. The second kappa shape index (κ2) is 12.0. The molecule has 10 nitrogen and oxygen atoms in total. The molecule has 3 heterocycles. The van der Waals surface area contributed by atoms with Crippen LogP contribution in [0.4, 0.5) is 11.4 Å². The summed E-state index contributed by atoms with van der Waals surface area (Å²) >= 11 is 5.81. The number of nitrogens with one attached hydrogen (secondary N) is 2. The van der Waals surface area contributed by atoms with Gasteiger partial charge in [0.15, 0.2) is 5.11 Å². The number of carbonyl (C=O) groups is 1. The summed E-state index contributed by atoms with van der Waals surface area (Å²) in [4.78, 5) is 30.8. The van der Waals surface area contributed by atoms with Gasteiger partial charge < -0.3 is 24.8 Å². The van der Waals surface area contributed by atoms with Gasteiger partial charge in [-0.25, -0.2) is 0 Å². The molecule has 0 radical (unpaired) electrons. The molecular formula is C31H32N6O4S. The zero-order valence-electron chi connectivity index (χ0n) is 23.8. The normalized spacial score (nSPS) is 16.3. The van der Waals surface area contributed by atoms with Crippen molar-refractivity contribution in [2.45, 2.75) is 39.3 Å². The van der Waals surface area contributed by atoms with Crippen LogP contribution in [-0.2, 0) is 4.79 Å². The van der Waals surface area contributed by atoms with E-state index < -0.39 is 4.92 Å². The first kappa shape index (κ1) is 28.7. The van der Waals surface area contributed by atoms with Crippen molar-refractivity contribution in [1.82, 2.24) is 19.8 Å². The first-order valence-electron chi connectivity index (χ1n) is 13.5. The van der Waals surface area contributed by atoms with E-state index in [1.165, 1.54) is 12.1 Å². The van der Waals surface area contributed by atoms with Gasteiger partial charge in [0.1, 0.15) is 5.75 Å². The quantitative estimate of drug-likeness (QED) is 0.146. The first-order valence-corrected chi connectivity index (χ1v) is 14.0. The summed E-state index contributed by atoms with van der Waals surface area (Å²) in [5.74, 6) is 0.402. The van der Waals surface area contributed by atoms with Crippen LogP contribution < -0.4 is 15.4 Å². The fraction of sp³-hybridized carbons (Fsp3) is 0.258. The Bertz CT molecular complexity index is 1650. The smallest absolute Gasteiger partial charge is 0.271 e. The van der Waals surface area contributed by atoms with Gasteiger partial charge in [0.05, 0.1) is 35.5 Å². The zero-order valence-corrected chi connectivity index (χ0v) is 24.6. The van der Waals surface area contributed by atoms with Crippen LogP contribution in [0.1, 0.15) is 46.7 Å². The number of nitrogens with zero attached hydrogens (tertiary/aromatic N) is 4. The van der Waals surface area contributed by atoms with Crippen molar-refractivity contribution in [3.8, 4) is 11.4 Å². The second-order valence-corrected chi connectivity index (χ2v) is 10.6. The number of benzene rings is 2. The zero-order chi connectivity index (χ0) is 30.0. The highest BCUT2D eigenvalue weighted by atomic mass is 32.1. The number of hydrogen-bond acceptors (Lipinski definition) is 6. The van der Waals surface area contributed by atoms with E-state index in [1.54, 1.807) is 19.4 Å². The van der Waals surface area contributed by atoms with Crippen molar-refractivity contribution < 1.29 is 14.5 Å². The average molecular weight is 585 g/mol. The molecule has 0 spiro atoms. The van der Waals surface area contributed by atoms with Crippen molar-refractivity contribution in [3.63, 3.8) is 0 Å². The largest absolute Gasteiger partial charge is 0.495 e. The SMILES string of the molecule is COc1ccc([N+](=O)[O-])cc1-n1c(C)cc([C@H]2[C@H](c3ccccn3)NC(=S)N2CCC(=O)Nc2ccccc2C)c1C. The summed E-state index contributed by atoms with van der Waals surface area (Å²) in [6.45, 7) is 6.25. The van der Waals surface area contributed by atoms with Crippen molar-refractivity contribution in [2.24, 2.45) is 0 Å². The second-order valence-electron chi connectivity index (χ2n) is 10.2. The fourth-order valence-corrected chi connectivity index (χ4v) is 5.89. The van der Waals surface area contributed by atoms with E-state index in [1.807, 2.05) is 72.7 Å². The van der Waals surface area contributed by atoms with Gasteiger partial charge in [-0.05, 0) is 74.4 Å². The van der Waals surface area contributed by atoms with Gasteiger partial charge >= 0.3 is 0 Å². The van der Waals surface area contributed by atoms with Crippen LogP contribution in [0.3, 0.4) is 0 Å². The molecule has 2 aromatic heterocycles. The molecule has 2 aromatic carbocycles. The Balaban J connectivity index is 1.53. The predicted molar refractivity (Wildman–Crippen MR) is 165 cm³/mol. The molecule has 2 atom stereocenters. The molecule has 42 heavy (non-hydrogen) atoms. The molecule has 4 aromatic rings. The lowest BCUT2D eigenvalue weighted by molar-refractivity contribution is -0.384. The Morgan fingerprint density at radius 2 is 1.88 bits per heavy atom. The fourth-order valence-electron chi connectivity index (χ4n) is 5.56. The third-order valence-corrected chi connectivity index (χ3v) is 7.95. The lowest BCUT2D eigenvalue weighted by Gasteiger charge is -2.28. The Morgan fingerprint density at radius 1 is 1.12 bits per heavy atom. The highest BCUT2D eigenvalue weighted by Crippen LogP contribution is 2.42. The third-order valence-electron chi connectivity index (χ3n) is 7.60. The summed E-state index contributed by atoms with van der Waals surface area (Å²) < 4.78 is 7.55. The van der Waals surface area contributed by atoms with Crippen LogP contribution in [0.2, 0.25) is 0 Å². The van der Waals surface area contributed by atoms with Crippen molar-refractivity contribution >= 4 is 34.6 Å². The summed E-state index contributed by atoms with van der Waals surface area (Å²) in [7, 11) is 1.54. The number of aryl methyl sites for hydroxylation is 2. The number of anilines is 1. The number of hydrogen-bond donors (Lipinski definition) is 2. The van der Waals surface area contributed by atoms with Crippen LogP contribution in [-0.4, -0.2) is 44.0 Å². The molecule has 1 amide bonds. The number of aromatic nitrogens is 2. The lowest BCUT2D eigenvalue weighted by atomic mass is 9.96. The molecule has 11 heteroatoms. The van der Waals surface area contributed by atoms with E-state index >= 15 is 0 Å². The van der Waals surface area contributed by atoms with Gasteiger partial charge in [-0.1, -0.05) is 24.3 Å². The van der Waals surface area contributed by atoms with E-state index in [4.69, 9.17) is 17.0 Å².